The van der Waals surface area contributed by atoms with Crippen molar-refractivity contribution in [1.82, 2.24) is 5.32 Å². The quantitative estimate of drug-likeness (QED) is 0.800. The van der Waals surface area contributed by atoms with Crippen LogP contribution in [0.5, 0.6) is 5.75 Å². The monoisotopic (exact) mass is 253 g/mol. The Morgan fingerprint density at radius 3 is 2.56 bits per heavy atom. The SMILES string of the molecule is CCC(CC)NCC(C)Oc1cc(F)ccc1C. The summed E-state index contributed by atoms with van der Waals surface area (Å²) in [5.41, 5.74) is 0.964. The third-order valence-corrected chi connectivity index (χ3v) is 3.16. The molecule has 0 aromatic heterocycles. The number of benzene rings is 1. The maximum absolute atomic E-state index is 13.1. The Morgan fingerprint density at radius 2 is 1.94 bits per heavy atom. The molecular formula is C15H24FNO. The van der Waals surface area contributed by atoms with Gasteiger partial charge in [-0.3, -0.25) is 0 Å². The normalized spacial score (nSPS) is 12.8. The first-order chi connectivity index (χ1) is 8.56. The van der Waals surface area contributed by atoms with E-state index in [4.69, 9.17) is 4.74 Å². The van der Waals surface area contributed by atoms with Crippen LogP contribution >= 0.6 is 0 Å². The number of nitrogens with one attached hydrogen (secondary N) is 1. The molecule has 0 saturated carbocycles. The van der Waals surface area contributed by atoms with E-state index in [-0.39, 0.29) is 11.9 Å². The second-order valence-electron chi connectivity index (χ2n) is 4.76. The average molecular weight is 253 g/mol. The summed E-state index contributed by atoms with van der Waals surface area (Å²) in [6.07, 6.45) is 2.26. The highest BCUT2D eigenvalue weighted by atomic mass is 19.1. The number of aryl methyl sites for hydroxylation is 1. The number of halogens is 1. The van der Waals surface area contributed by atoms with Crippen LogP contribution in [0.1, 0.15) is 39.2 Å². The highest BCUT2D eigenvalue weighted by molar-refractivity contribution is 5.32. The van der Waals surface area contributed by atoms with Crippen molar-refractivity contribution in [2.45, 2.75) is 52.7 Å². The Morgan fingerprint density at radius 1 is 1.28 bits per heavy atom. The van der Waals surface area contributed by atoms with Crippen LogP contribution in [0.2, 0.25) is 0 Å². The Kier molecular flexibility index (Phi) is 6.13. The topological polar surface area (TPSA) is 21.3 Å². The Labute approximate surface area is 110 Å². The lowest BCUT2D eigenvalue weighted by atomic mass is 10.1. The lowest BCUT2D eigenvalue weighted by molar-refractivity contribution is 0.208. The van der Waals surface area contributed by atoms with Gasteiger partial charge in [-0.1, -0.05) is 19.9 Å². The van der Waals surface area contributed by atoms with Gasteiger partial charge in [0.25, 0.3) is 0 Å². The number of ether oxygens (including phenoxy) is 1. The van der Waals surface area contributed by atoms with E-state index in [0.29, 0.717) is 11.8 Å². The standard InChI is InChI=1S/C15H24FNO/c1-5-14(6-2)17-10-12(4)18-15-9-13(16)8-7-11(15)3/h7-9,12,14,17H,5-6,10H2,1-4H3. The first kappa shape index (κ1) is 15.0. The van der Waals surface area contributed by atoms with Crippen molar-refractivity contribution in [2.75, 3.05) is 6.54 Å². The van der Waals surface area contributed by atoms with Crippen molar-refractivity contribution in [3.8, 4) is 5.75 Å². The fourth-order valence-electron chi connectivity index (χ4n) is 1.87. The molecule has 0 bridgehead atoms. The van der Waals surface area contributed by atoms with Crippen LogP contribution in [0, 0.1) is 12.7 Å². The molecule has 1 aromatic rings. The van der Waals surface area contributed by atoms with Crippen molar-refractivity contribution in [2.24, 2.45) is 0 Å². The van der Waals surface area contributed by atoms with Gasteiger partial charge in [0, 0.05) is 18.7 Å². The molecule has 0 amide bonds. The van der Waals surface area contributed by atoms with Crippen LogP contribution in [-0.2, 0) is 0 Å². The summed E-state index contributed by atoms with van der Waals surface area (Å²) in [6.45, 7) is 9.05. The van der Waals surface area contributed by atoms with Crippen molar-refractivity contribution in [3.63, 3.8) is 0 Å². The Balaban J connectivity index is 2.48. The smallest absolute Gasteiger partial charge is 0.126 e. The predicted octanol–water partition coefficient (Wildman–Crippen LogP) is 3.68. The molecule has 102 valence electrons. The van der Waals surface area contributed by atoms with Gasteiger partial charge in [-0.15, -0.1) is 0 Å². The lowest BCUT2D eigenvalue weighted by Gasteiger charge is -2.20. The van der Waals surface area contributed by atoms with Gasteiger partial charge in [0.2, 0.25) is 0 Å². The van der Waals surface area contributed by atoms with Gasteiger partial charge in [0.1, 0.15) is 17.7 Å². The van der Waals surface area contributed by atoms with Crippen LogP contribution < -0.4 is 10.1 Å². The fourth-order valence-corrected chi connectivity index (χ4v) is 1.87. The van der Waals surface area contributed by atoms with E-state index in [1.165, 1.54) is 12.1 Å². The molecule has 1 unspecified atom stereocenters. The van der Waals surface area contributed by atoms with E-state index < -0.39 is 0 Å². The third-order valence-electron chi connectivity index (χ3n) is 3.16. The molecule has 1 N–H and O–H groups in total. The predicted molar refractivity (Wildman–Crippen MR) is 73.6 cm³/mol. The van der Waals surface area contributed by atoms with Gasteiger partial charge < -0.3 is 10.1 Å². The Hall–Kier alpha value is -1.09. The van der Waals surface area contributed by atoms with Gasteiger partial charge in [-0.2, -0.15) is 0 Å². The van der Waals surface area contributed by atoms with Gasteiger partial charge in [0.15, 0.2) is 0 Å². The summed E-state index contributed by atoms with van der Waals surface area (Å²) in [5, 5.41) is 3.45. The second kappa shape index (κ2) is 7.37. The zero-order chi connectivity index (χ0) is 13.5. The molecule has 0 fully saturated rings. The molecular weight excluding hydrogens is 229 g/mol. The molecule has 0 heterocycles. The summed E-state index contributed by atoms with van der Waals surface area (Å²) in [4.78, 5) is 0. The first-order valence-corrected chi connectivity index (χ1v) is 6.73. The molecule has 2 nitrogen and oxygen atoms in total. The fraction of sp³-hybridized carbons (Fsp3) is 0.600. The molecule has 0 aliphatic rings. The molecule has 1 rings (SSSR count). The van der Waals surface area contributed by atoms with Crippen molar-refractivity contribution in [3.05, 3.63) is 29.6 Å². The van der Waals surface area contributed by atoms with Crippen LogP contribution in [0.3, 0.4) is 0 Å². The van der Waals surface area contributed by atoms with Crippen LogP contribution in [0.15, 0.2) is 18.2 Å². The minimum atomic E-state index is -0.254. The minimum Gasteiger partial charge on any atom is -0.489 e. The summed E-state index contributed by atoms with van der Waals surface area (Å²) < 4.78 is 18.9. The number of hydrogen-bond donors (Lipinski definition) is 1. The average Bonchev–Trinajstić information content (AvgIpc) is 2.35. The van der Waals surface area contributed by atoms with E-state index in [2.05, 4.69) is 19.2 Å². The van der Waals surface area contributed by atoms with E-state index in [1.807, 2.05) is 13.8 Å². The molecule has 18 heavy (non-hydrogen) atoms. The highest BCUT2D eigenvalue weighted by Crippen LogP contribution is 2.19. The molecule has 0 aliphatic carbocycles. The lowest BCUT2D eigenvalue weighted by Crippen LogP contribution is -2.36. The number of rotatable bonds is 7. The van der Waals surface area contributed by atoms with Crippen LogP contribution in [0.25, 0.3) is 0 Å². The molecule has 0 radical (unpaired) electrons. The zero-order valence-corrected chi connectivity index (χ0v) is 11.8. The second-order valence-corrected chi connectivity index (χ2v) is 4.76. The minimum absolute atomic E-state index is 0.0334. The summed E-state index contributed by atoms with van der Waals surface area (Å²) >= 11 is 0. The summed E-state index contributed by atoms with van der Waals surface area (Å²) in [6, 6.07) is 5.17. The molecule has 0 aliphatic heterocycles. The molecule has 1 aromatic carbocycles. The van der Waals surface area contributed by atoms with Crippen molar-refractivity contribution < 1.29 is 9.13 Å². The zero-order valence-electron chi connectivity index (χ0n) is 11.8. The largest absolute Gasteiger partial charge is 0.489 e. The molecule has 0 saturated heterocycles. The Bertz CT molecular complexity index is 364. The van der Waals surface area contributed by atoms with Gasteiger partial charge in [-0.05, 0) is 38.3 Å². The van der Waals surface area contributed by atoms with Gasteiger partial charge in [0.05, 0.1) is 0 Å². The summed E-state index contributed by atoms with van der Waals surface area (Å²) in [5.74, 6) is 0.379. The maximum atomic E-state index is 13.1. The maximum Gasteiger partial charge on any atom is 0.126 e. The molecule has 0 spiro atoms. The van der Waals surface area contributed by atoms with Crippen LogP contribution in [-0.4, -0.2) is 18.7 Å². The van der Waals surface area contributed by atoms with E-state index >= 15 is 0 Å². The summed E-state index contributed by atoms with van der Waals surface area (Å²) in [7, 11) is 0. The van der Waals surface area contributed by atoms with Gasteiger partial charge >= 0.3 is 0 Å². The molecule has 3 heteroatoms. The van der Waals surface area contributed by atoms with Crippen molar-refractivity contribution >= 4 is 0 Å². The molecule has 1 atom stereocenters. The first-order valence-electron chi connectivity index (χ1n) is 6.73. The van der Waals surface area contributed by atoms with E-state index in [9.17, 15) is 4.39 Å². The van der Waals surface area contributed by atoms with Gasteiger partial charge in [-0.25, -0.2) is 4.39 Å². The van der Waals surface area contributed by atoms with E-state index in [1.54, 1.807) is 6.07 Å². The highest BCUT2D eigenvalue weighted by Gasteiger charge is 2.09. The third kappa shape index (κ3) is 4.65. The van der Waals surface area contributed by atoms with Crippen LogP contribution in [0.4, 0.5) is 4.39 Å². The van der Waals surface area contributed by atoms with Crippen molar-refractivity contribution in [1.29, 1.82) is 0 Å². The van der Waals surface area contributed by atoms with E-state index in [0.717, 1.165) is 24.9 Å². The number of hydrogen-bond acceptors (Lipinski definition) is 2.